The van der Waals surface area contributed by atoms with Crippen molar-refractivity contribution in [3.8, 4) is 11.5 Å². The van der Waals surface area contributed by atoms with Crippen LogP contribution in [0.4, 0.5) is 5.69 Å². The molecule has 0 atom stereocenters. The molecule has 1 aromatic carbocycles. The molecular formula is C17H22ClN3O3. The second kappa shape index (κ2) is 7.34. The van der Waals surface area contributed by atoms with Crippen molar-refractivity contribution in [2.75, 3.05) is 18.5 Å². The summed E-state index contributed by atoms with van der Waals surface area (Å²) >= 11 is 0. The van der Waals surface area contributed by atoms with Gasteiger partial charge in [-0.05, 0) is 44.9 Å². The predicted molar refractivity (Wildman–Crippen MR) is 94.3 cm³/mol. The number of aromatic nitrogens is 1. The number of carbonyl (C=O) groups is 1. The topological polar surface area (TPSA) is 90.4 Å². The van der Waals surface area contributed by atoms with Crippen molar-refractivity contribution in [1.82, 2.24) is 4.98 Å². The maximum atomic E-state index is 12.5. The summed E-state index contributed by atoms with van der Waals surface area (Å²) in [6.07, 6.45) is 1.05. The van der Waals surface area contributed by atoms with Crippen LogP contribution in [-0.2, 0) is 9.53 Å². The zero-order valence-electron chi connectivity index (χ0n) is 13.8. The zero-order chi connectivity index (χ0) is 16.4. The number of anilines is 1. The number of nitrogens with zero attached hydrogens (tertiary/aromatic N) is 1. The number of halogens is 1. The first-order valence-electron chi connectivity index (χ1n) is 7.70. The van der Waals surface area contributed by atoms with Gasteiger partial charge in [-0.25, -0.2) is 4.98 Å². The average molecular weight is 352 g/mol. The van der Waals surface area contributed by atoms with Crippen LogP contribution in [0.3, 0.4) is 0 Å². The minimum Gasteiger partial charge on any atom is -0.441 e. The molecule has 2 aromatic rings. The van der Waals surface area contributed by atoms with Gasteiger partial charge in [0.1, 0.15) is 11.3 Å². The van der Waals surface area contributed by atoms with Crippen molar-refractivity contribution in [2.45, 2.75) is 32.2 Å². The van der Waals surface area contributed by atoms with E-state index in [1.54, 1.807) is 0 Å². The van der Waals surface area contributed by atoms with Crippen LogP contribution in [-0.4, -0.2) is 29.6 Å². The Morgan fingerprint density at radius 3 is 2.62 bits per heavy atom. The molecule has 1 aromatic heterocycles. The van der Waals surface area contributed by atoms with E-state index in [0.717, 1.165) is 17.0 Å². The molecule has 0 bridgehead atoms. The number of aryl methyl sites for hydroxylation is 2. The molecule has 1 aliphatic rings. The van der Waals surface area contributed by atoms with Crippen LogP contribution in [0.1, 0.15) is 24.3 Å². The van der Waals surface area contributed by atoms with Gasteiger partial charge in [-0.1, -0.05) is 6.07 Å². The molecule has 0 aliphatic carbocycles. The fourth-order valence-corrected chi connectivity index (χ4v) is 2.54. The molecule has 1 amide bonds. The Kier molecular flexibility index (Phi) is 5.64. The number of nitrogens with two attached hydrogens (primary N) is 1. The van der Waals surface area contributed by atoms with Gasteiger partial charge in [-0.3, -0.25) is 4.79 Å². The molecule has 1 saturated heterocycles. The van der Waals surface area contributed by atoms with E-state index in [2.05, 4.69) is 10.3 Å². The van der Waals surface area contributed by atoms with Crippen LogP contribution in [0.25, 0.3) is 11.5 Å². The van der Waals surface area contributed by atoms with Gasteiger partial charge in [0.15, 0.2) is 0 Å². The van der Waals surface area contributed by atoms with Crippen LogP contribution < -0.4 is 11.1 Å². The lowest BCUT2D eigenvalue weighted by Gasteiger charge is -2.31. The Bertz CT molecular complexity index is 704. The van der Waals surface area contributed by atoms with Gasteiger partial charge in [-0.15, -0.1) is 12.4 Å². The van der Waals surface area contributed by atoms with Crippen molar-refractivity contribution in [1.29, 1.82) is 0 Å². The van der Waals surface area contributed by atoms with Crippen LogP contribution in [0, 0.1) is 13.8 Å². The van der Waals surface area contributed by atoms with Crippen molar-refractivity contribution in [2.24, 2.45) is 5.73 Å². The average Bonchev–Trinajstić information content (AvgIpc) is 2.88. The molecule has 3 rings (SSSR count). The second-order valence-electron chi connectivity index (χ2n) is 5.96. The van der Waals surface area contributed by atoms with Crippen LogP contribution in [0.15, 0.2) is 28.7 Å². The Hall–Kier alpha value is -1.89. The fourth-order valence-electron chi connectivity index (χ4n) is 2.54. The first-order chi connectivity index (χ1) is 11.0. The number of benzene rings is 1. The molecule has 3 N–H and O–H groups in total. The summed E-state index contributed by atoms with van der Waals surface area (Å²) in [5.41, 5.74) is 7.68. The quantitative estimate of drug-likeness (QED) is 0.887. The first kappa shape index (κ1) is 18.4. The van der Waals surface area contributed by atoms with E-state index in [1.165, 1.54) is 0 Å². The number of nitrogens with one attached hydrogen (secondary N) is 1. The normalized spacial score (nSPS) is 16.3. The predicted octanol–water partition coefficient (Wildman–Crippen LogP) is 2.83. The summed E-state index contributed by atoms with van der Waals surface area (Å²) in [6.45, 7) is 4.80. The molecule has 2 heterocycles. The van der Waals surface area contributed by atoms with E-state index >= 15 is 0 Å². The van der Waals surface area contributed by atoms with Crippen LogP contribution in [0.5, 0.6) is 0 Å². The Morgan fingerprint density at radius 2 is 2.00 bits per heavy atom. The molecular weight excluding hydrogens is 330 g/mol. The molecule has 0 saturated carbocycles. The molecule has 0 unspecified atom stereocenters. The van der Waals surface area contributed by atoms with E-state index in [-0.39, 0.29) is 18.3 Å². The summed E-state index contributed by atoms with van der Waals surface area (Å²) in [7, 11) is 0. The monoisotopic (exact) mass is 351 g/mol. The highest BCUT2D eigenvalue weighted by atomic mass is 35.5. The summed E-state index contributed by atoms with van der Waals surface area (Å²) < 4.78 is 10.9. The third kappa shape index (κ3) is 3.77. The number of hydrogen-bond acceptors (Lipinski definition) is 5. The van der Waals surface area contributed by atoms with E-state index in [4.69, 9.17) is 14.9 Å². The number of ether oxygens (including phenoxy) is 1. The molecule has 7 heteroatoms. The van der Waals surface area contributed by atoms with Crippen molar-refractivity contribution >= 4 is 24.0 Å². The Labute approximate surface area is 147 Å². The van der Waals surface area contributed by atoms with E-state index in [9.17, 15) is 4.79 Å². The van der Waals surface area contributed by atoms with E-state index in [1.807, 2.05) is 38.1 Å². The van der Waals surface area contributed by atoms with Gasteiger partial charge in [-0.2, -0.15) is 0 Å². The van der Waals surface area contributed by atoms with Gasteiger partial charge in [0, 0.05) is 24.5 Å². The molecule has 130 valence electrons. The molecule has 1 aliphatic heterocycles. The first-order valence-corrected chi connectivity index (χ1v) is 7.70. The van der Waals surface area contributed by atoms with E-state index in [0.29, 0.717) is 37.6 Å². The number of rotatable bonds is 3. The lowest BCUT2D eigenvalue weighted by Crippen LogP contribution is -2.54. The van der Waals surface area contributed by atoms with Gasteiger partial charge >= 0.3 is 0 Å². The maximum Gasteiger partial charge on any atom is 0.244 e. The van der Waals surface area contributed by atoms with E-state index < -0.39 is 5.54 Å². The second-order valence-corrected chi connectivity index (χ2v) is 5.96. The molecule has 0 spiro atoms. The SMILES string of the molecule is Cc1nc(-c2cccc(NC(=O)C3(N)CCOCC3)c2)oc1C.Cl. The van der Waals surface area contributed by atoms with Crippen LogP contribution >= 0.6 is 12.4 Å². The smallest absolute Gasteiger partial charge is 0.244 e. The maximum absolute atomic E-state index is 12.5. The highest BCUT2D eigenvalue weighted by Crippen LogP contribution is 2.25. The summed E-state index contributed by atoms with van der Waals surface area (Å²) in [6, 6.07) is 7.41. The number of carbonyl (C=O) groups excluding carboxylic acids is 1. The number of oxazole rings is 1. The highest BCUT2D eigenvalue weighted by molar-refractivity contribution is 5.98. The van der Waals surface area contributed by atoms with Crippen LogP contribution in [0.2, 0.25) is 0 Å². The van der Waals surface area contributed by atoms with Crippen molar-refractivity contribution in [3.63, 3.8) is 0 Å². The minimum atomic E-state index is -0.871. The van der Waals surface area contributed by atoms with Gasteiger partial charge in [0.2, 0.25) is 11.8 Å². The van der Waals surface area contributed by atoms with Gasteiger partial charge in [0.25, 0.3) is 0 Å². The summed E-state index contributed by atoms with van der Waals surface area (Å²) in [5.74, 6) is 1.15. The zero-order valence-corrected chi connectivity index (χ0v) is 14.6. The minimum absolute atomic E-state index is 0. The molecule has 0 radical (unpaired) electrons. The molecule has 24 heavy (non-hydrogen) atoms. The number of amides is 1. The Morgan fingerprint density at radius 1 is 1.29 bits per heavy atom. The molecule has 1 fully saturated rings. The standard InChI is InChI=1S/C17H21N3O3.ClH/c1-11-12(2)23-15(19-11)13-4-3-5-14(10-13)20-16(21)17(18)6-8-22-9-7-17;/h3-5,10H,6-9,18H2,1-2H3,(H,20,21);1H. The lowest BCUT2D eigenvalue weighted by atomic mass is 9.90. The lowest BCUT2D eigenvalue weighted by molar-refractivity contribution is -0.124. The fraction of sp³-hybridized carbons (Fsp3) is 0.412. The summed E-state index contributed by atoms with van der Waals surface area (Å²) in [4.78, 5) is 16.8. The van der Waals surface area contributed by atoms with Crippen molar-refractivity contribution < 1.29 is 13.9 Å². The third-order valence-electron chi connectivity index (χ3n) is 4.23. The van der Waals surface area contributed by atoms with Crippen molar-refractivity contribution in [3.05, 3.63) is 35.7 Å². The summed E-state index contributed by atoms with van der Waals surface area (Å²) in [5, 5.41) is 2.89. The Balaban J connectivity index is 0.00000208. The van der Waals surface area contributed by atoms with Gasteiger partial charge in [0.05, 0.1) is 5.69 Å². The van der Waals surface area contributed by atoms with Gasteiger partial charge < -0.3 is 20.2 Å². The molecule has 6 nitrogen and oxygen atoms in total. The largest absolute Gasteiger partial charge is 0.441 e. The number of hydrogen-bond donors (Lipinski definition) is 2. The third-order valence-corrected chi connectivity index (χ3v) is 4.23. The highest BCUT2D eigenvalue weighted by Gasteiger charge is 2.35.